The third-order valence-electron chi connectivity index (χ3n) is 3.53. The van der Waals surface area contributed by atoms with E-state index in [4.69, 9.17) is 11.6 Å². The highest BCUT2D eigenvalue weighted by Gasteiger charge is 2.19. The Morgan fingerprint density at radius 3 is 2.35 bits per heavy atom. The van der Waals surface area contributed by atoms with Crippen LogP contribution in [0.3, 0.4) is 0 Å². The molecule has 122 valence electrons. The first kappa shape index (κ1) is 17.0. The Balaban J connectivity index is 2.01. The van der Waals surface area contributed by atoms with Gasteiger partial charge in [-0.15, -0.1) is 0 Å². The molecule has 1 heterocycles. The number of carbonyl (C=O) groups is 2. The first-order valence-corrected chi connectivity index (χ1v) is 7.52. The molecule has 2 amide bonds. The van der Waals surface area contributed by atoms with Crippen LogP contribution in [-0.2, 0) is 11.8 Å². The molecule has 0 aliphatic carbocycles. The van der Waals surface area contributed by atoms with Gasteiger partial charge in [0.05, 0.1) is 17.8 Å². The highest BCUT2D eigenvalue weighted by atomic mass is 35.5. The van der Waals surface area contributed by atoms with Crippen molar-refractivity contribution < 1.29 is 9.59 Å². The molecule has 1 aromatic carbocycles. The summed E-state index contributed by atoms with van der Waals surface area (Å²) in [5.41, 5.74) is 3.51. The van der Waals surface area contributed by atoms with Gasteiger partial charge in [0.1, 0.15) is 5.15 Å². The summed E-state index contributed by atoms with van der Waals surface area (Å²) in [6, 6.07) is 5.76. The van der Waals surface area contributed by atoms with Crippen LogP contribution in [0.5, 0.6) is 0 Å². The highest BCUT2D eigenvalue weighted by Crippen LogP contribution is 2.20. The molecule has 7 heteroatoms. The monoisotopic (exact) mass is 334 g/mol. The van der Waals surface area contributed by atoms with E-state index in [1.807, 2.05) is 32.0 Å². The molecular weight excluding hydrogens is 316 g/mol. The molecule has 0 saturated heterocycles. The van der Waals surface area contributed by atoms with Crippen LogP contribution < -0.4 is 10.6 Å². The van der Waals surface area contributed by atoms with Crippen molar-refractivity contribution in [2.75, 3.05) is 11.9 Å². The van der Waals surface area contributed by atoms with Gasteiger partial charge in [0.25, 0.3) is 5.91 Å². The number of nitrogens with zero attached hydrogens (tertiary/aromatic N) is 2. The zero-order chi connectivity index (χ0) is 17.1. The van der Waals surface area contributed by atoms with Gasteiger partial charge >= 0.3 is 0 Å². The summed E-state index contributed by atoms with van der Waals surface area (Å²) in [4.78, 5) is 24.2. The normalized spacial score (nSPS) is 10.5. The molecule has 0 fully saturated rings. The Labute approximate surface area is 139 Å². The third-order valence-corrected chi connectivity index (χ3v) is 3.97. The Hall–Kier alpha value is -2.34. The summed E-state index contributed by atoms with van der Waals surface area (Å²) in [7, 11) is 1.65. The van der Waals surface area contributed by atoms with E-state index in [0.717, 1.165) is 16.8 Å². The summed E-state index contributed by atoms with van der Waals surface area (Å²) in [5, 5.41) is 9.69. The average Bonchev–Trinajstić information content (AvgIpc) is 2.74. The van der Waals surface area contributed by atoms with Gasteiger partial charge in [-0.3, -0.25) is 14.3 Å². The van der Waals surface area contributed by atoms with E-state index < -0.39 is 5.91 Å². The molecular formula is C16H19ClN4O2. The van der Waals surface area contributed by atoms with Gasteiger partial charge < -0.3 is 10.6 Å². The first-order valence-electron chi connectivity index (χ1n) is 7.14. The van der Waals surface area contributed by atoms with Gasteiger partial charge in [-0.1, -0.05) is 29.8 Å². The minimum absolute atomic E-state index is 0.142. The Kier molecular flexibility index (Phi) is 5.05. The zero-order valence-electron chi connectivity index (χ0n) is 13.5. The van der Waals surface area contributed by atoms with Crippen LogP contribution in [0.4, 0.5) is 5.69 Å². The largest absolute Gasteiger partial charge is 0.343 e. The van der Waals surface area contributed by atoms with E-state index in [2.05, 4.69) is 15.7 Å². The number of aryl methyl sites for hydroxylation is 4. The van der Waals surface area contributed by atoms with E-state index in [9.17, 15) is 9.59 Å². The minimum atomic E-state index is -0.419. The minimum Gasteiger partial charge on any atom is -0.343 e. The van der Waals surface area contributed by atoms with Crippen molar-refractivity contribution in [1.29, 1.82) is 0 Å². The predicted molar refractivity (Wildman–Crippen MR) is 89.8 cm³/mol. The Morgan fingerprint density at radius 2 is 1.83 bits per heavy atom. The molecule has 0 aliphatic rings. The maximum absolute atomic E-state index is 12.2. The number of carbonyl (C=O) groups excluding carboxylic acids is 2. The number of amides is 2. The van der Waals surface area contributed by atoms with Crippen molar-refractivity contribution >= 4 is 29.1 Å². The summed E-state index contributed by atoms with van der Waals surface area (Å²) >= 11 is 6.03. The number of halogens is 1. The molecule has 0 radical (unpaired) electrons. The molecule has 0 bridgehead atoms. The van der Waals surface area contributed by atoms with Crippen LogP contribution in [0, 0.1) is 20.8 Å². The SMILES string of the molecule is Cc1cccc(C)c1NC(=O)CNC(=O)c1c(C)nn(C)c1Cl. The molecule has 0 spiro atoms. The van der Waals surface area contributed by atoms with E-state index >= 15 is 0 Å². The molecule has 1 aromatic heterocycles. The topological polar surface area (TPSA) is 76.0 Å². The van der Waals surface area contributed by atoms with Crippen molar-refractivity contribution in [2.45, 2.75) is 20.8 Å². The van der Waals surface area contributed by atoms with Crippen molar-refractivity contribution in [3.63, 3.8) is 0 Å². The smallest absolute Gasteiger partial charge is 0.256 e. The number of nitrogens with one attached hydrogen (secondary N) is 2. The van der Waals surface area contributed by atoms with Gasteiger partial charge in [-0.25, -0.2) is 0 Å². The number of hydrogen-bond donors (Lipinski definition) is 2. The lowest BCUT2D eigenvalue weighted by atomic mass is 10.1. The lowest BCUT2D eigenvalue weighted by Crippen LogP contribution is -2.33. The summed E-state index contributed by atoms with van der Waals surface area (Å²) in [5.74, 6) is -0.717. The fourth-order valence-corrected chi connectivity index (χ4v) is 2.59. The lowest BCUT2D eigenvalue weighted by molar-refractivity contribution is -0.115. The quantitative estimate of drug-likeness (QED) is 0.901. The molecule has 23 heavy (non-hydrogen) atoms. The first-order chi connectivity index (χ1) is 10.8. The van der Waals surface area contributed by atoms with Crippen molar-refractivity contribution in [3.05, 3.63) is 45.7 Å². The van der Waals surface area contributed by atoms with Crippen molar-refractivity contribution in [2.24, 2.45) is 7.05 Å². The highest BCUT2D eigenvalue weighted by molar-refractivity contribution is 6.33. The number of benzene rings is 1. The van der Waals surface area contributed by atoms with Gasteiger partial charge in [-0.2, -0.15) is 5.10 Å². The second-order valence-electron chi connectivity index (χ2n) is 5.37. The summed E-state index contributed by atoms with van der Waals surface area (Å²) < 4.78 is 1.42. The van der Waals surface area contributed by atoms with Gasteiger partial charge in [0.2, 0.25) is 5.91 Å². The fourth-order valence-electron chi connectivity index (χ4n) is 2.33. The van der Waals surface area contributed by atoms with Crippen molar-refractivity contribution in [3.8, 4) is 0 Å². The van der Waals surface area contributed by atoms with E-state index in [1.54, 1.807) is 14.0 Å². The van der Waals surface area contributed by atoms with Gasteiger partial charge in [0, 0.05) is 12.7 Å². The van der Waals surface area contributed by atoms with Crippen molar-refractivity contribution in [1.82, 2.24) is 15.1 Å². The van der Waals surface area contributed by atoms with E-state index in [-0.39, 0.29) is 23.2 Å². The molecule has 0 atom stereocenters. The fraction of sp³-hybridized carbons (Fsp3) is 0.312. The molecule has 0 saturated carbocycles. The summed E-state index contributed by atoms with van der Waals surface area (Å²) in [6.45, 7) is 5.38. The van der Waals surface area contributed by atoms with Crippen LogP contribution in [0.25, 0.3) is 0 Å². The van der Waals surface area contributed by atoms with Gasteiger partial charge in [-0.05, 0) is 31.9 Å². The molecule has 2 rings (SSSR count). The maximum atomic E-state index is 12.2. The molecule has 2 aromatic rings. The number of rotatable bonds is 4. The average molecular weight is 335 g/mol. The Morgan fingerprint density at radius 1 is 1.22 bits per heavy atom. The number of aromatic nitrogens is 2. The van der Waals surface area contributed by atoms with Crippen LogP contribution in [-0.4, -0.2) is 28.1 Å². The molecule has 0 aliphatic heterocycles. The summed E-state index contributed by atoms with van der Waals surface area (Å²) in [6.07, 6.45) is 0. The lowest BCUT2D eigenvalue weighted by Gasteiger charge is -2.12. The standard InChI is InChI=1S/C16H19ClN4O2/c1-9-6-5-7-10(2)14(9)19-12(22)8-18-16(23)13-11(3)20-21(4)15(13)17/h5-7H,8H2,1-4H3,(H,18,23)(H,19,22). The molecule has 2 N–H and O–H groups in total. The molecule has 0 unspecified atom stereocenters. The third kappa shape index (κ3) is 3.71. The maximum Gasteiger partial charge on any atom is 0.256 e. The van der Waals surface area contributed by atoms with Crippen LogP contribution in [0.2, 0.25) is 5.15 Å². The Bertz CT molecular complexity index is 747. The van der Waals surface area contributed by atoms with Crippen LogP contribution in [0.15, 0.2) is 18.2 Å². The zero-order valence-corrected chi connectivity index (χ0v) is 14.3. The predicted octanol–water partition coefficient (Wildman–Crippen LogP) is 2.37. The van der Waals surface area contributed by atoms with Gasteiger partial charge in [0.15, 0.2) is 0 Å². The number of anilines is 1. The molecule has 6 nitrogen and oxygen atoms in total. The number of para-hydroxylation sites is 1. The second kappa shape index (κ2) is 6.83. The van der Waals surface area contributed by atoms with Crippen LogP contribution in [0.1, 0.15) is 27.2 Å². The van der Waals surface area contributed by atoms with E-state index in [1.165, 1.54) is 4.68 Å². The van der Waals surface area contributed by atoms with E-state index in [0.29, 0.717) is 5.69 Å². The van der Waals surface area contributed by atoms with Crippen LogP contribution >= 0.6 is 11.6 Å². The second-order valence-corrected chi connectivity index (χ2v) is 5.73. The number of hydrogen-bond acceptors (Lipinski definition) is 3.